The predicted molar refractivity (Wildman–Crippen MR) is 66.2 cm³/mol. The summed E-state index contributed by atoms with van der Waals surface area (Å²) in [6.07, 6.45) is 0. The third kappa shape index (κ3) is 1.59. The summed E-state index contributed by atoms with van der Waals surface area (Å²) in [4.78, 5) is 10.2. The van der Waals surface area contributed by atoms with Gasteiger partial charge in [0, 0.05) is 13.7 Å². The first-order chi connectivity index (χ1) is 6.59. The van der Waals surface area contributed by atoms with Gasteiger partial charge < -0.3 is 0 Å². The third-order valence-electron chi connectivity index (χ3n) is 1.74. The standard InChI is InChI=1S/C8H3ClINO2S/c9-7-5-2-1-4(10)3-6(5)14-8(7)11(12)13/h1-3H. The van der Waals surface area contributed by atoms with E-state index in [1.807, 2.05) is 18.2 Å². The highest BCUT2D eigenvalue weighted by molar-refractivity contribution is 14.1. The molecule has 2 rings (SSSR count). The van der Waals surface area contributed by atoms with Crippen LogP contribution in [0.25, 0.3) is 10.1 Å². The largest absolute Gasteiger partial charge is 0.343 e. The average molecular weight is 340 g/mol. The number of hydrogen-bond acceptors (Lipinski definition) is 3. The van der Waals surface area contributed by atoms with Crippen LogP contribution in [0.2, 0.25) is 5.02 Å². The van der Waals surface area contributed by atoms with Crippen molar-refractivity contribution in [2.75, 3.05) is 0 Å². The molecule has 0 N–H and O–H groups in total. The summed E-state index contributed by atoms with van der Waals surface area (Å²) in [5.41, 5.74) is 0. The molecule has 0 fully saturated rings. The molecule has 6 heteroatoms. The molecule has 72 valence electrons. The number of benzene rings is 1. The Balaban J connectivity index is 2.79. The molecule has 3 nitrogen and oxygen atoms in total. The SMILES string of the molecule is O=[N+]([O-])c1sc2cc(I)ccc2c1Cl. The van der Waals surface area contributed by atoms with Crippen LogP contribution in [0, 0.1) is 13.7 Å². The molecule has 1 aromatic carbocycles. The summed E-state index contributed by atoms with van der Waals surface area (Å²) in [7, 11) is 0. The molecule has 0 aliphatic heterocycles. The van der Waals surface area contributed by atoms with Crippen LogP contribution < -0.4 is 0 Å². The molecule has 1 aromatic heterocycles. The minimum atomic E-state index is -0.445. The molecule has 0 spiro atoms. The molecule has 0 saturated carbocycles. The molecule has 0 saturated heterocycles. The molecule has 0 amide bonds. The summed E-state index contributed by atoms with van der Waals surface area (Å²) in [5, 5.41) is 11.6. The molecule has 0 bridgehead atoms. The first-order valence-electron chi connectivity index (χ1n) is 3.61. The van der Waals surface area contributed by atoms with E-state index in [4.69, 9.17) is 11.6 Å². The lowest BCUT2D eigenvalue weighted by atomic mass is 10.3. The van der Waals surface area contributed by atoms with Crippen molar-refractivity contribution in [3.05, 3.63) is 36.9 Å². The maximum Gasteiger partial charge on any atom is 0.343 e. The van der Waals surface area contributed by atoms with E-state index < -0.39 is 4.92 Å². The van der Waals surface area contributed by atoms with Crippen molar-refractivity contribution in [3.8, 4) is 0 Å². The topological polar surface area (TPSA) is 43.1 Å². The van der Waals surface area contributed by atoms with Crippen LogP contribution in [-0.2, 0) is 0 Å². The Morgan fingerprint density at radius 3 is 2.86 bits per heavy atom. The van der Waals surface area contributed by atoms with Crippen molar-refractivity contribution in [3.63, 3.8) is 0 Å². The van der Waals surface area contributed by atoms with Gasteiger partial charge in [-0.3, -0.25) is 10.1 Å². The van der Waals surface area contributed by atoms with E-state index in [0.29, 0.717) is 0 Å². The number of rotatable bonds is 1. The van der Waals surface area contributed by atoms with Gasteiger partial charge in [-0.1, -0.05) is 29.0 Å². The maximum absolute atomic E-state index is 10.6. The van der Waals surface area contributed by atoms with Crippen molar-refractivity contribution in [1.82, 2.24) is 0 Å². The quantitative estimate of drug-likeness (QED) is 0.446. The highest BCUT2D eigenvalue weighted by atomic mass is 127. The molecule has 14 heavy (non-hydrogen) atoms. The maximum atomic E-state index is 10.6. The van der Waals surface area contributed by atoms with Gasteiger partial charge >= 0.3 is 5.00 Å². The lowest BCUT2D eigenvalue weighted by molar-refractivity contribution is -0.379. The summed E-state index contributed by atoms with van der Waals surface area (Å²) < 4.78 is 1.90. The van der Waals surface area contributed by atoms with Crippen molar-refractivity contribution in [2.24, 2.45) is 0 Å². The van der Waals surface area contributed by atoms with Crippen molar-refractivity contribution in [2.45, 2.75) is 0 Å². The Bertz CT molecular complexity index is 525. The van der Waals surface area contributed by atoms with Crippen molar-refractivity contribution in [1.29, 1.82) is 0 Å². The summed E-state index contributed by atoms with van der Waals surface area (Å²) in [6, 6.07) is 5.58. The van der Waals surface area contributed by atoms with E-state index in [9.17, 15) is 10.1 Å². The molecular weight excluding hydrogens is 337 g/mol. The molecule has 2 aromatic rings. The van der Waals surface area contributed by atoms with Gasteiger partial charge in [0.2, 0.25) is 0 Å². The van der Waals surface area contributed by atoms with Crippen LogP contribution in [0.4, 0.5) is 5.00 Å². The minimum absolute atomic E-state index is 0.0173. The first-order valence-corrected chi connectivity index (χ1v) is 5.89. The van der Waals surface area contributed by atoms with Gasteiger partial charge in [0.05, 0.1) is 4.92 Å². The molecule has 0 radical (unpaired) electrons. The van der Waals surface area contributed by atoms with Crippen molar-refractivity contribution >= 4 is 60.6 Å². The van der Waals surface area contributed by atoms with Gasteiger partial charge in [-0.2, -0.15) is 0 Å². The first kappa shape index (κ1) is 10.1. The molecule has 0 aliphatic rings. The zero-order valence-corrected chi connectivity index (χ0v) is 10.4. The molecule has 0 unspecified atom stereocenters. The van der Waals surface area contributed by atoms with Crippen LogP contribution in [0.3, 0.4) is 0 Å². The van der Waals surface area contributed by atoms with Crippen LogP contribution in [0.5, 0.6) is 0 Å². The highest BCUT2D eigenvalue weighted by Gasteiger charge is 2.19. The third-order valence-corrected chi connectivity index (χ3v) is 4.01. The van der Waals surface area contributed by atoms with Gasteiger partial charge in [0.25, 0.3) is 0 Å². The van der Waals surface area contributed by atoms with Gasteiger partial charge in [-0.15, -0.1) is 0 Å². The second-order valence-electron chi connectivity index (χ2n) is 2.62. The lowest BCUT2D eigenvalue weighted by Crippen LogP contribution is -1.82. The smallest absolute Gasteiger partial charge is 0.257 e. The van der Waals surface area contributed by atoms with E-state index in [1.54, 1.807) is 0 Å². The molecule has 0 atom stereocenters. The normalized spacial score (nSPS) is 10.7. The summed E-state index contributed by atoms with van der Waals surface area (Å²) in [5.74, 6) is 0. The Morgan fingerprint density at radius 2 is 2.21 bits per heavy atom. The number of halogens is 2. The number of hydrogen-bond donors (Lipinski definition) is 0. The van der Waals surface area contributed by atoms with Crippen LogP contribution in [0.1, 0.15) is 0 Å². The fourth-order valence-corrected chi connectivity index (χ4v) is 3.20. The summed E-state index contributed by atoms with van der Waals surface area (Å²) in [6.45, 7) is 0. The fraction of sp³-hybridized carbons (Fsp3) is 0. The van der Waals surface area contributed by atoms with E-state index >= 15 is 0 Å². The molecule has 1 heterocycles. The zero-order valence-electron chi connectivity index (χ0n) is 6.66. The van der Waals surface area contributed by atoms with Gasteiger partial charge in [-0.25, -0.2) is 0 Å². The van der Waals surface area contributed by atoms with E-state index in [-0.39, 0.29) is 10.0 Å². The second kappa shape index (κ2) is 3.63. The fourth-order valence-electron chi connectivity index (χ4n) is 1.14. The second-order valence-corrected chi connectivity index (χ2v) is 5.27. The highest BCUT2D eigenvalue weighted by Crippen LogP contribution is 2.41. The molecular formula is C8H3ClINO2S. The molecule has 0 aliphatic carbocycles. The van der Waals surface area contributed by atoms with Gasteiger partial charge in [0.1, 0.15) is 5.02 Å². The van der Waals surface area contributed by atoms with Crippen molar-refractivity contribution < 1.29 is 4.92 Å². The van der Waals surface area contributed by atoms with E-state index in [0.717, 1.165) is 25.0 Å². The number of thiophene rings is 1. The minimum Gasteiger partial charge on any atom is -0.257 e. The Labute approximate surface area is 102 Å². The number of nitrogens with zero attached hydrogens (tertiary/aromatic N) is 1. The van der Waals surface area contributed by atoms with Crippen LogP contribution in [-0.4, -0.2) is 4.92 Å². The predicted octanol–water partition coefficient (Wildman–Crippen LogP) is 4.07. The Kier molecular flexibility index (Phi) is 2.63. The van der Waals surface area contributed by atoms with Crippen LogP contribution >= 0.6 is 45.5 Å². The Hall–Kier alpha value is -0.400. The number of fused-ring (bicyclic) bond motifs is 1. The monoisotopic (exact) mass is 339 g/mol. The number of nitro groups is 1. The van der Waals surface area contributed by atoms with E-state index in [2.05, 4.69) is 22.6 Å². The van der Waals surface area contributed by atoms with Gasteiger partial charge in [0.15, 0.2) is 0 Å². The van der Waals surface area contributed by atoms with Gasteiger partial charge in [-0.05, 0) is 34.7 Å². The lowest BCUT2D eigenvalue weighted by Gasteiger charge is -1.89. The summed E-state index contributed by atoms with van der Waals surface area (Å²) >= 11 is 9.14. The van der Waals surface area contributed by atoms with E-state index in [1.165, 1.54) is 0 Å². The zero-order chi connectivity index (χ0) is 10.3. The average Bonchev–Trinajstić information content (AvgIpc) is 2.43. The van der Waals surface area contributed by atoms with Crippen LogP contribution in [0.15, 0.2) is 18.2 Å². The Morgan fingerprint density at radius 1 is 1.50 bits per heavy atom.